The van der Waals surface area contributed by atoms with E-state index in [1.807, 2.05) is 0 Å². The first-order valence-electron chi connectivity index (χ1n) is 9.33. The van der Waals surface area contributed by atoms with Crippen LogP contribution in [0.15, 0.2) is 59.8 Å². The lowest BCUT2D eigenvalue weighted by Gasteiger charge is -2.28. The van der Waals surface area contributed by atoms with Crippen LogP contribution >= 0.6 is 11.8 Å². The van der Waals surface area contributed by atoms with E-state index in [0.29, 0.717) is 0 Å². The molecule has 1 saturated heterocycles. The highest BCUT2D eigenvalue weighted by molar-refractivity contribution is 7.99. The number of morpholine rings is 1. The van der Waals surface area contributed by atoms with Crippen LogP contribution in [0.2, 0.25) is 0 Å². The van der Waals surface area contributed by atoms with Crippen LogP contribution in [-0.4, -0.2) is 46.8 Å². The Bertz CT molecular complexity index is 875. The van der Waals surface area contributed by atoms with Crippen molar-refractivity contribution in [2.24, 2.45) is 0 Å². The standard InChI is InChI=1S/C21H24N4OS/c1-17-6-5-9-19(16-17)25-20(24-11-13-26-14-12-24)22-23-21(25)27-15-10-18-7-3-2-4-8-18/h2-9,16H,10-15H2,1H3. The summed E-state index contributed by atoms with van der Waals surface area (Å²) >= 11 is 1.76. The smallest absolute Gasteiger partial charge is 0.232 e. The van der Waals surface area contributed by atoms with E-state index in [4.69, 9.17) is 4.74 Å². The van der Waals surface area contributed by atoms with Crippen LogP contribution in [0, 0.1) is 6.92 Å². The van der Waals surface area contributed by atoms with Crippen molar-refractivity contribution in [2.75, 3.05) is 37.0 Å². The molecule has 6 heteroatoms. The first kappa shape index (κ1) is 18.1. The molecule has 1 aromatic heterocycles. The van der Waals surface area contributed by atoms with Crippen molar-refractivity contribution in [1.29, 1.82) is 0 Å². The number of anilines is 1. The highest BCUT2D eigenvalue weighted by atomic mass is 32.2. The highest BCUT2D eigenvalue weighted by Crippen LogP contribution is 2.28. The second kappa shape index (κ2) is 8.59. The van der Waals surface area contributed by atoms with Crippen molar-refractivity contribution >= 4 is 17.7 Å². The number of hydrogen-bond acceptors (Lipinski definition) is 5. The van der Waals surface area contributed by atoms with Gasteiger partial charge in [-0.25, -0.2) is 0 Å². The molecule has 5 nitrogen and oxygen atoms in total. The fourth-order valence-corrected chi connectivity index (χ4v) is 4.16. The summed E-state index contributed by atoms with van der Waals surface area (Å²) in [5.41, 5.74) is 3.69. The van der Waals surface area contributed by atoms with Crippen LogP contribution in [0.4, 0.5) is 5.95 Å². The van der Waals surface area contributed by atoms with Gasteiger partial charge in [-0.15, -0.1) is 10.2 Å². The van der Waals surface area contributed by atoms with E-state index in [1.165, 1.54) is 11.1 Å². The molecule has 4 rings (SSSR count). The molecule has 27 heavy (non-hydrogen) atoms. The summed E-state index contributed by atoms with van der Waals surface area (Å²) < 4.78 is 7.69. The highest BCUT2D eigenvalue weighted by Gasteiger charge is 2.21. The lowest BCUT2D eigenvalue weighted by Crippen LogP contribution is -2.37. The van der Waals surface area contributed by atoms with Crippen molar-refractivity contribution in [3.05, 3.63) is 65.7 Å². The average molecular weight is 381 g/mol. The van der Waals surface area contributed by atoms with E-state index >= 15 is 0 Å². The Morgan fingerprint density at radius 2 is 1.81 bits per heavy atom. The number of aromatic nitrogens is 3. The summed E-state index contributed by atoms with van der Waals surface area (Å²) in [6.45, 7) is 5.27. The van der Waals surface area contributed by atoms with Crippen molar-refractivity contribution in [1.82, 2.24) is 14.8 Å². The number of rotatable bonds is 6. The van der Waals surface area contributed by atoms with Gasteiger partial charge in [-0.3, -0.25) is 4.57 Å². The molecule has 0 unspecified atom stereocenters. The maximum Gasteiger partial charge on any atom is 0.232 e. The lowest BCUT2D eigenvalue weighted by atomic mass is 10.2. The third-order valence-corrected chi connectivity index (χ3v) is 5.57. The lowest BCUT2D eigenvalue weighted by molar-refractivity contribution is 0.122. The summed E-state index contributed by atoms with van der Waals surface area (Å²) in [4.78, 5) is 2.26. The number of nitrogens with zero attached hydrogens (tertiary/aromatic N) is 4. The van der Waals surface area contributed by atoms with Gasteiger partial charge in [-0.2, -0.15) is 0 Å². The predicted octanol–water partition coefficient (Wildman–Crippen LogP) is 3.75. The number of aryl methyl sites for hydroxylation is 2. The third kappa shape index (κ3) is 4.34. The Kier molecular flexibility index (Phi) is 5.75. The quantitative estimate of drug-likeness (QED) is 0.610. The van der Waals surface area contributed by atoms with Crippen LogP contribution in [0.5, 0.6) is 0 Å². The molecule has 2 aromatic carbocycles. The van der Waals surface area contributed by atoms with Gasteiger partial charge >= 0.3 is 0 Å². The molecule has 2 heterocycles. The number of ether oxygens (including phenoxy) is 1. The minimum Gasteiger partial charge on any atom is -0.378 e. The van der Waals surface area contributed by atoms with Gasteiger partial charge in [0.05, 0.1) is 18.9 Å². The van der Waals surface area contributed by atoms with Gasteiger partial charge in [-0.05, 0) is 36.6 Å². The molecule has 0 radical (unpaired) electrons. The van der Waals surface area contributed by atoms with Crippen molar-refractivity contribution < 1.29 is 4.74 Å². The second-order valence-corrected chi connectivity index (χ2v) is 7.70. The van der Waals surface area contributed by atoms with E-state index in [0.717, 1.165) is 55.3 Å². The number of thioether (sulfide) groups is 1. The monoisotopic (exact) mass is 380 g/mol. The molecule has 0 atom stereocenters. The summed E-state index contributed by atoms with van der Waals surface area (Å²) in [5.74, 6) is 1.88. The fourth-order valence-electron chi connectivity index (χ4n) is 3.22. The van der Waals surface area contributed by atoms with Gasteiger partial charge in [0.1, 0.15) is 0 Å². The summed E-state index contributed by atoms with van der Waals surface area (Å²) in [6.07, 6.45) is 1.01. The first-order chi connectivity index (χ1) is 13.3. The zero-order valence-corrected chi connectivity index (χ0v) is 16.4. The molecule has 3 aromatic rings. The van der Waals surface area contributed by atoms with Gasteiger partial charge < -0.3 is 9.64 Å². The van der Waals surface area contributed by atoms with Crippen LogP contribution in [0.25, 0.3) is 5.69 Å². The Labute approximate surface area is 164 Å². The molecule has 0 N–H and O–H groups in total. The molecule has 0 amide bonds. The molecule has 0 saturated carbocycles. The Balaban J connectivity index is 1.59. The van der Waals surface area contributed by atoms with E-state index in [1.54, 1.807) is 11.8 Å². The number of benzene rings is 2. The molecular formula is C21H24N4OS. The van der Waals surface area contributed by atoms with E-state index in [2.05, 4.69) is 81.2 Å². The molecular weight excluding hydrogens is 356 g/mol. The maximum absolute atomic E-state index is 5.50. The summed E-state index contributed by atoms with van der Waals surface area (Å²) in [7, 11) is 0. The third-order valence-electron chi connectivity index (χ3n) is 4.63. The average Bonchev–Trinajstić information content (AvgIpc) is 3.13. The zero-order valence-electron chi connectivity index (χ0n) is 15.5. The van der Waals surface area contributed by atoms with Crippen molar-refractivity contribution in [2.45, 2.75) is 18.5 Å². The second-order valence-electron chi connectivity index (χ2n) is 6.64. The van der Waals surface area contributed by atoms with Gasteiger partial charge in [-0.1, -0.05) is 54.2 Å². The largest absolute Gasteiger partial charge is 0.378 e. The molecule has 140 valence electrons. The normalized spacial score (nSPS) is 14.5. The van der Waals surface area contributed by atoms with E-state index in [9.17, 15) is 0 Å². The van der Waals surface area contributed by atoms with Gasteiger partial charge in [0, 0.05) is 18.8 Å². The Hall–Kier alpha value is -2.31. The van der Waals surface area contributed by atoms with Crippen LogP contribution in [0.3, 0.4) is 0 Å². The Morgan fingerprint density at radius 1 is 1.00 bits per heavy atom. The van der Waals surface area contributed by atoms with E-state index < -0.39 is 0 Å². The van der Waals surface area contributed by atoms with Gasteiger partial charge in [0.25, 0.3) is 0 Å². The molecule has 1 aliphatic heterocycles. The molecule has 0 bridgehead atoms. The van der Waals surface area contributed by atoms with Crippen LogP contribution in [0.1, 0.15) is 11.1 Å². The minimum atomic E-state index is 0.733. The zero-order chi connectivity index (χ0) is 18.5. The van der Waals surface area contributed by atoms with Gasteiger partial charge in [0.15, 0.2) is 5.16 Å². The van der Waals surface area contributed by atoms with Gasteiger partial charge in [0.2, 0.25) is 5.95 Å². The minimum absolute atomic E-state index is 0.733. The predicted molar refractivity (Wildman–Crippen MR) is 110 cm³/mol. The SMILES string of the molecule is Cc1cccc(-n2c(SCCc3ccccc3)nnc2N2CCOCC2)c1. The molecule has 0 spiro atoms. The first-order valence-corrected chi connectivity index (χ1v) is 10.3. The molecule has 1 aliphatic rings. The van der Waals surface area contributed by atoms with E-state index in [-0.39, 0.29) is 0 Å². The summed E-state index contributed by atoms with van der Waals surface area (Å²) in [5, 5.41) is 10.00. The van der Waals surface area contributed by atoms with Crippen LogP contribution in [-0.2, 0) is 11.2 Å². The van der Waals surface area contributed by atoms with Crippen molar-refractivity contribution in [3.63, 3.8) is 0 Å². The summed E-state index contributed by atoms with van der Waals surface area (Å²) in [6, 6.07) is 19.1. The fraction of sp³-hybridized carbons (Fsp3) is 0.333. The van der Waals surface area contributed by atoms with Crippen molar-refractivity contribution in [3.8, 4) is 5.69 Å². The Morgan fingerprint density at radius 3 is 2.59 bits per heavy atom. The molecule has 1 fully saturated rings. The molecule has 0 aliphatic carbocycles. The topological polar surface area (TPSA) is 43.2 Å². The maximum atomic E-state index is 5.50. The number of hydrogen-bond donors (Lipinski definition) is 0. The van der Waals surface area contributed by atoms with Crippen LogP contribution < -0.4 is 4.90 Å².